The first kappa shape index (κ1) is 28.8. The molecule has 41 heavy (non-hydrogen) atoms. The molecule has 1 aliphatic heterocycles. The van der Waals surface area contributed by atoms with E-state index in [1.165, 1.54) is 12.7 Å². The Hall–Kier alpha value is -3.76. The van der Waals surface area contributed by atoms with E-state index in [1.54, 1.807) is 23.5 Å². The number of pyridine rings is 1. The van der Waals surface area contributed by atoms with Crippen molar-refractivity contribution in [1.29, 1.82) is 0 Å². The number of nitrogens with zero attached hydrogens (tertiary/aromatic N) is 1. The number of carbonyl (C=O) groups is 3. The van der Waals surface area contributed by atoms with Crippen molar-refractivity contribution in [2.75, 3.05) is 26.8 Å². The molecule has 1 fully saturated rings. The van der Waals surface area contributed by atoms with Crippen molar-refractivity contribution in [3.05, 3.63) is 58.2 Å². The summed E-state index contributed by atoms with van der Waals surface area (Å²) in [5.41, 5.74) is 9.23. The van der Waals surface area contributed by atoms with Crippen LogP contribution in [0.1, 0.15) is 75.9 Å². The van der Waals surface area contributed by atoms with Gasteiger partial charge in [-0.05, 0) is 85.8 Å². The number of ether oxygens (including phenoxy) is 2. The highest BCUT2D eigenvalue weighted by molar-refractivity contribution is 7.13. The lowest BCUT2D eigenvalue weighted by Gasteiger charge is -2.28. The SMILES string of the molecule is CCCNC(=O)c1ccc(-c2cc3c(cc2C(=O)NC2CCC(CN)CC2)-c2sccc2CCO3)c(C(=O)OC)n1. The maximum absolute atomic E-state index is 14.0. The van der Waals surface area contributed by atoms with Crippen LogP contribution in [0.3, 0.4) is 0 Å². The first-order chi connectivity index (χ1) is 19.9. The molecule has 4 N–H and O–H groups in total. The average molecular weight is 577 g/mol. The largest absolute Gasteiger partial charge is 0.493 e. The lowest BCUT2D eigenvalue weighted by molar-refractivity contribution is 0.0594. The second-order valence-corrected chi connectivity index (χ2v) is 11.5. The number of rotatable bonds is 8. The zero-order valence-corrected chi connectivity index (χ0v) is 24.3. The van der Waals surface area contributed by atoms with Gasteiger partial charge in [-0.25, -0.2) is 9.78 Å². The Morgan fingerprint density at radius 3 is 2.61 bits per heavy atom. The summed E-state index contributed by atoms with van der Waals surface area (Å²) in [5, 5.41) is 8.06. The molecular formula is C31H36N4O5S. The van der Waals surface area contributed by atoms with E-state index >= 15 is 0 Å². The molecule has 1 aromatic carbocycles. The molecule has 0 unspecified atom stereocenters. The summed E-state index contributed by atoms with van der Waals surface area (Å²) in [5.74, 6) is -0.204. The van der Waals surface area contributed by atoms with E-state index in [9.17, 15) is 14.4 Å². The second kappa shape index (κ2) is 12.8. The first-order valence-electron chi connectivity index (χ1n) is 14.2. The van der Waals surface area contributed by atoms with Crippen LogP contribution in [0.4, 0.5) is 0 Å². The smallest absolute Gasteiger partial charge is 0.357 e. The van der Waals surface area contributed by atoms with Gasteiger partial charge in [0, 0.05) is 46.1 Å². The second-order valence-electron chi connectivity index (χ2n) is 10.5. The van der Waals surface area contributed by atoms with Gasteiger partial charge in [0.2, 0.25) is 0 Å². The Kier molecular flexibility index (Phi) is 8.99. The molecule has 0 radical (unpaired) electrons. The molecule has 3 heterocycles. The van der Waals surface area contributed by atoms with E-state index in [4.69, 9.17) is 15.2 Å². The highest BCUT2D eigenvalue weighted by Crippen LogP contribution is 2.43. The van der Waals surface area contributed by atoms with Crippen molar-refractivity contribution < 1.29 is 23.9 Å². The summed E-state index contributed by atoms with van der Waals surface area (Å²) in [6, 6.07) is 9.00. The molecule has 1 saturated carbocycles. The van der Waals surface area contributed by atoms with Crippen LogP contribution in [0.25, 0.3) is 21.6 Å². The monoisotopic (exact) mass is 576 g/mol. The van der Waals surface area contributed by atoms with E-state index in [1.807, 2.05) is 24.4 Å². The van der Waals surface area contributed by atoms with E-state index in [2.05, 4.69) is 21.7 Å². The summed E-state index contributed by atoms with van der Waals surface area (Å²) in [6.45, 7) is 3.59. The van der Waals surface area contributed by atoms with Crippen molar-refractivity contribution >= 4 is 29.1 Å². The Bertz CT molecular complexity index is 1440. The number of carbonyl (C=O) groups excluding carboxylic acids is 3. The van der Waals surface area contributed by atoms with E-state index in [0.717, 1.165) is 49.0 Å². The Balaban J connectivity index is 1.61. The number of hydrogen-bond donors (Lipinski definition) is 3. The summed E-state index contributed by atoms with van der Waals surface area (Å²) in [6.07, 6.45) is 5.20. The van der Waals surface area contributed by atoms with Gasteiger partial charge in [0.1, 0.15) is 11.4 Å². The number of fused-ring (bicyclic) bond motifs is 3. The molecule has 0 bridgehead atoms. The maximum atomic E-state index is 14.0. The Morgan fingerprint density at radius 2 is 1.88 bits per heavy atom. The third-order valence-electron chi connectivity index (χ3n) is 7.83. The van der Waals surface area contributed by atoms with Crippen molar-refractivity contribution in [2.24, 2.45) is 11.7 Å². The van der Waals surface area contributed by atoms with Crippen molar-refractivity contribution in [2.45, 2.75) is 51.5 Å². The van der Waals surface area contributed by atoms with Crippen LogP contribution >= 0.6 is 11.3 Å². The molecule has 0 spiro atoms. The number of amides is 2. The van der Waals surface area contributed by atoms with Gasteiger partial charge in [-0.1, -0.05) is 6.92 Å². The van der Waals surface area contributed by atoms with Crippen LogP contribution in [-0.4, -0.2) is 55.6 Å². The highest BCUT2D eigenvalue weighted by atomic mass is 32.1. The average Bonchev–Trinajstić information content (AvgIpc) is 3.40. The summed E-state index contributed by atoms with van der Waals surface area (Å²) < 4.78 is 11.2. The molecule has 2 aliphatic rings. The minimum absolute atomic E-state index is 0.0355. The minimum atomic E-state index is -0.701. The Morgan fingerprint density at radius 1 is 1.07 bits per heavy atom. The van der Waals surface area contributed by atoms with E-state index in [-0.39, 0.29) is 29.2 Å². The van der Waals surface area contributed by atoms with Crippen molar-refractivity contribution in [3.63, 3.8) is 0 Å². The fraction of sp³-hybridized carbons (Fsp3) is 0.419. The van der Waals surface area contributed by atoms with Gasteiger partial charge >= 0.3 is 5.97 Å². The molecule has 5 rings (SSSR count). The van der Waals surface area contributed by atoms with Gasteiger partial charge in [-0.2, -0.15) is 0 Å². The highest BCUT2D eigenvalue weighted by Gasteiger charge is 2.28. The van der Waals surface area contributed by atoms with Crippen LogP contribution in [0.15, 0.2) is 35.7 Å². The van der Waals surface area contributed by atoms with Crippen LogP contribution in [0, 0.1) is 5.92 Å². The lowest BCUT2D eigenvalue weighted by atomic mass is 9.86. The fourth-order valence-electron chi connectivity index (χ4n) is 5.52. The molecule has 9 nitrogen and oxygen atoms in total. The van der Waals surface area contributed by atoms with Crippen LogP contribution in [0.5, 0.6) is 5.75 Å². The number of hydrogen-bond acceptors (Lipinski definition) is 8. The third-order valence-corrected chi connectivity index (χ3v) is 8.82. The van der Waals surface area contributed by atoms with Gasteiger partial charge in [0.25, 0.3) is 11.8 Å². The fourth-order valence-corrected chi connectivity index (χ4v) is 6.49. The topological polar surface area (TPSA) is 133 Å². The predicted molar refractivity (Wildman–Crippen MR) is 158 cm³/mol. The van der Waals surface area contributed by atoms with E-state index < -0.39 is 5.97 Å². The Labute approximate surface area is 243 Å². The molecule has 0 saturated heterocycles. The zero-order valence-electron chi connectivity index (χ0n) is 23.5. The van der Waals surface area contributed by atoms with Gasteiger partial charge in [-0.3, -0.25) is 9.59 Å². The summed E-state index contributed by atoms with van der Waals surface area (Å²) >= 11 is 1.61. The molecule has 10 heteroatoms. The maximum Gasteiger partial charge on any atom is 0.357 e. The van der Waals surface area contributed by atoms with E-state index in [0.29, 0.717) is 48.1 Å². The summed E-state index contributed by atoms with van der Waals surface area (Å²) in [4.78, 5) is 45.0. The van der Waals surface area contributed by atoms with Crippen LogP contribution in [-0.2, 0) is 11.2 Å². The standard InChI is InChI=1S/C31H36N4O5S/c1-3-12-33-30(37)25-9-8-21(27(35-25)31(38)39-2)22-16-26-24(28-19(10-13-40-26)11-14-41-28)15-23(22)29(36)34-20-6-4-18(17-32)5-7-20/h8-9,11,14-16,18,20H,3-7,10,12-13,17,32H2,1-2H3,(H,33,37)(H,34,36). The number of esters is 1. The van der Waals surface area contributed by atoms with Crippen molar-refractivity contribution in [3.8, 4) is 27.3 Å². The summed E-state index contributed by atoms with van der Waals surface area (Å²) in [7, 11) is 1.27. The van der Waals surface area contributed by atoms with Crippen molar-refractivity contribution in [1.82, 2.24) is 15.6 Å². The molecule has 0 atom stereocenters. The number of aromatic nitrogens is 1. The van der Waals surface area contributed by atoms with Gasteiger partial charge in [0.05, 0.1) is 13.7 Å². The van der Waals surface area contributed by atoms with Gasteiger partial charge < -0.3 is 25.8 Å². The number of benzene rings is 1. The minimum Gasteiger partial charge on any atom is -0.493 e. The predicted octanol–water partition coefficient (Wildman–Crippen LogP) is 4.59. The first-order valence-corrected chi connectivity index (χ1v) is 15.1. The normalized spacial score (nSPS) is 17.8. The molecule has 3 aromatic rings. The third kappa shape index (κ3) is 6.13. The quantitative estimate of drug-likeness (QED) is 0.334. The molecule has 2 amide bonds. The molecule has 2 aromatic heterocycles. The molecular weight excluding hydrogens is 540 g/mol. The number of methoxy groups -OCH3 is 1. The van der Waals surface area contributed by atoms with Gasteiger partial charge in [0.15, 0.2) is 5.69 Å². The molecule has 216 valence electrons. The number of nitrogens with one attached hydrogen (secondary N) is 2. The molecule has 1 aliphatic carbocycles. The van der Waals surface area contributed by atoms with Crippen LogP contribution in [0.2, 0.25) is 0 Å². The van der Waals surface area contributed by atoms with Crippen LogP contribution < -0.4 is 21.1 Å². The lowest BCUT2D eigenvalue weighted by Crippen LogP contribution is -2.38. The zero-order chi connectivity index (χ0) is 28.9. The van der Waals surface area contributed by atoms with Gasteiger partial charge in [-0.15, -0.1) is 11.3 Å². The number of nitrogens with two attached hydrogens (primary N) is 1. The number of thiophene rings is 1.